The average Bonchev–Trinajstić information content (AvgIpc) is 2.88. The van der Waals surface area contributed by atoms with Gasteiger partial charge in [-0.1, -0.05) is 54.7 Å². The number of nitrogens with one attached hydrogen (secondary N) is 1. The van der Waals surface area contributed by atoms with Crippen molar-refractivity contribution in [2.75, 3.05) is 38.3 Å². The Morgan fingerprint density at radius 1 is 1.11 bits per heavy atom. The summed E-state index contributed by atoms with van der Waals surface area (Å²) in [6, 6.07) is 12.9. The highest BCUT2D eigenvalue weighted by molar-refractivity contribution is 6.37. The van der Waals surface area contributed by atoms with Crippen LogP contribution in [0.15, 0.2) is 53.5 Å². The summed E-state index contributed by atoms with van der Waals surface area (Å²) in [5.74, 6) is 0.381. The zero-order chi connectivity index (χ0) is 27.2. The van der Waals surface area contributed by atoms with Crippen molar-refractivity contribution in [1.29, 1.82) is 0 Å². The Balaban J connectivity index is 1.57. The molecule has 0 aliphatic carbocycles. The first kappa shape index (κ1) is 27.8. The van der Waals surface area contributed by atoms with Gasteiger partial charge in [0.05, 0.1) is 27.2 Å². The molecule has 11 heteroatoms. The predicted molar refractivity (Wildman–Crippen MR) is 154 cm³/mol. The topological polar surface area (TPSA) is 111 Å². The zero-order valence-electron chi connectivity index (χ0n) is 21.6. The number of anilines is 3. The number of hydrogen-bond acceptors (Lipinski definition) is 8. The number of para-hydroxylation sites is 1. The Hall–Kier alpha value is -3.24. The van der Waals surface area contributed by atoms with Gasteiger partial charge in [-0.3, -0.25) is 0 Å². The summed E-state index contributed by atoms with van der Waals surface area (Å²) >= 11 is 12.6. The molecule has 1 unspecified atom stereocenters. The molecule has 0 aliphatic heterocycles. The molecule has 4 aromatic rings. The van der Waals surface area contributed by atoms with E-state index in [1.807, 2.05) is 24.3 Å². The van der Waals surface area contributed by atoms with Crippen LogP contribution in [-0.2, 0) is 4.74 Å². The second kappa shape index (κ2) is 12.5. The summed E-state index contributed by atoms with van der Waals surface area (Å²) in [6.45, 7) is 3.82. The van der Waals surface area contributed by atoms with E-state index in [-0.39, 0.29) is 39.2 Å². The Kier molecular flexibility index (Phi) is 9.17. The summed E-state index contributed by atoms with van der Waals surface area (Å²) < 4.78 is 7.33. The maximum atomic E-state index is 12.9. The fraction of sp³-hybridized carbons (Fsp3) is 0.333. The van der Waals surface area contributed by atoms with E-state index in [1.54, 1.807) is 18.2 Å². The van der Waals surface area contributed by atoms with Crippen LogP contribution < -0.4 is 16.7 Å². The first-order valence-electron chi connectivity index (χ1n) is 12.4. The summed E-state index contributed by atoms with van der Waals surface area (Å²) in [5.41, 5.74) is 7.99. The molecule has 2 aromatic carbocycles. The molecule has 9 nitrogen and oxygen atoms in total. The van der Waals surface area contributed by atoms with Crippen LogP contribution in [0.2, 0.25) is 10.0 Å². The van der Waals surface area contributed by atoms with Gasteiger partial charge in [0.1, 0.15) is 5.82 Å². The number of ether oxygens (including phenoxy) is 1. The van der Waals surface area contributed by atoms with E-state index in [0.29, 0.717) is 5.39 Å². The number of unbranched alkanes of at least 4 members (excludes halogenated alkanes) is 1. The third kappa shape index (κ3) is 6.42. The van der Waals surface area contributed by atoms with Crippen LogP contribution in [0.25, 0.3) is 16.7 Å². The zero-order valence-corrected chi connectivity index (χ0v) is 23.1. The maximum Gasteiger partial charge on any atom is 0.355 e. The Morgan fingerprint density at radius 3 is 2.47 bits per heavy atom. The van der Waals surface area contributed by atoms with E-state index < -0.39 is 5.69 Å². The van der Waals surface area contributed by atoms with Gasteiger partial charge in [-0.25, -0.2) is 14.3 Å². The average molecular weight is 556 g/mol. The minimum atomic E-state index is -0.647. The van der Waals surface area contributed by atoms with Crippen LogP contribution >= 0.6 is 23.2 Å². The summed E-state index contributed by atoms with van der Waals surface area (Å²) in [6.07, 6.45) is 4.57. The van der Waals surface area contributed by atoms with Crippen LogP contribution in [0, 0.1) is 0 Å². The van der Waals surface area contributed by atoms with Crippen LogP contribution in [0.3, 0.4) is 0 Å². The number of hydrogen-bond donors (Lipinski definition) is 2. The van der Waals surface area contributed by atoms with E-state index in [4.69, 9.17) is 33.7 Å². The predicted octanol–water partition coefficient (Wildman–Crippen LogP) is 5.62. The number of nitrogens with two attached hydrogens (primary N) is 1. The van der Waals surface area contributed by atoms with Gasteiger partial charge in [0.2, 0.25) is 5.95 Å². The molecular formula is C27H31Cl2N7O2. The molecule has 1 atom stereocenters. The molecule has 0 radical (unpaired) electrons. The standard InChI is InChI=1S/C27H31Cl2N7O2/c1-4-5-15-38-22(13-14-35(2)3)17-9-11-18(12-10-17)32-26-31-16-19-24(30)36(27(37)34-25(19)33-26)23-20(28)7-6-8-21(23)29/h6-12,16,22H,4-5,13-15,30H2,1-3H3,(H,32,33,34,37). The number of nitrogens with zero attached hydrogens (tertiary/aromatic N) is 5. The molecule has 3 N–H and O–H groups in total. The lowest BCUT2D eigenvalue weighted by Gasteiger charge is -2.21. The van der Waals surface area contributed by atoms with Gasteiger partial charge < -0.3 is 20.7 Å². The molecular weight excluding hydrogens is 525 g/mol. The lowest BCUT2D eigenvalue weighted by molar-refractivity contribution is 0.0402. The van der Waals surface area contributed by atoms with Crippen molar-refractivity contribution in [3.05, 3.63) is 74.8 Å². The van der Waals surface area contributed by atoms with Crippen molar-refractivity contribution in [1.82, 2.24) is 24.4 Å². The minimum absolute atomic E-state index is 0.0240. The molecule has 38 heavy (non-hydrogen) atoms. The van der Waals surface area contributed by atoms with Crippen molar-refractivity contribution >= 4 is 51.7 Å². The van der Waals surface area contributed by atoms with Crippen molar-refractivity contribution < 1.29 is 4.74 Å². The molecule has 2 heterocycles. The Bertz CT molecular complexity index is 1440. The van der Waals surface area contributed by atoms with Crippen LogP contribution in [-0.4, -0.2) is 51.7 Å². The SMILES string of the molecule is CCCCOC(CCN(C)C)c1ccc(Nc2ncc3c(N)n(-c4c(Cl)cccc4Cl)c(=O)nc3n2)cc1. The molecule has 0 spiro atoms. The molecule has 0 saturated carbocycles. The van der Waals surface area contributed by atoms with Crippen molar-refractivity contribution in [2.45, 2.75) is 32.3 Å². The van der Waals surface area contributed by atoms with Gasteiger partial charge >= 0.3 is 5.69 Å². The smallest absolute Gasteiger partial charge is 0.355 e. The summed E-state index contributed by atoms with van der Waals surface area (Å²) in [5, 5.41) is 4.11. The number of benzene rings is 2. The molecule has 0 bridgehead atoms. The highest BCUT2D eigenvalue weighted by Gasteiger charge is 2.18. The van der Waals surface area contributed by atoms with Crippen LogP contribution in [0.1, 0.15) is 37.9 Å². The number of rotatable bonds is 11. The molecule has 4 rings (SSSR count). The van der Waals surface area contributed by atoms with Gasteiger partial charge in [0.15, 0.2) is 5.65 Å². The lowest BCUT2D eigenvalue weighted by Crippen LogP contribution is -2.25. The molecule has 0 fully saturated rings. The number of halogens is 2. The fourth-order valence-corrected chi connectivity index (χ4v) is 4.55. The van der Waals surface area contributed by atoms with Gasteiger partial charge in [-0.05, 0) is 56.8 Å². The van der Waals surface area contributed by atoms with E-state index >= 15 is 0 Å². The molecule has 0 saturated heterocycles. The van der Waals surface area contributed by atoms with Crippen LogP contribution in [0.4, 0.5) is 17.5 Å². The highest BCUT2D eigenvalue weighted by Crippen LogP contribution is 2.31. The van der Waals surface area contributed by atoms with Crippen molar-refractivity contribution in [3.63, 3.8) is 0 Å². The van der Waals surface area contributed by atoms with Gasteiger partial charge in [0.25, 0.3) is 0 Å². The van der Waals surface area contributed by atoms with Gasteiger partial charge in [0, 0.05) is 25.0 Å². The van der Waals surface area contributed by atoms with Crippen molar-refractivity contribution in [3.8, 4) is 5.69 Å². The third-order valence-corrected chi connectivity index (χ3v) is 6.64. The quantitative estimate of drug-likeness (QED) is 0.229. The van der Waals surface area contributed by atoms with E-state index in [0.717, 1.165) is 48.2 Å². The molecule has 2 aromatic heterocycles. The summed E-state index contributed by atoms with van der Waals surface area (Å²) in [7, 11) is 4.12. The lowest BCUT2D eigenvalue weighted by atomic mass is 10.1. The highest BCUT2D eigenvalue weighted by atomic mass is 35.5. The van der Waals surface area contributed by atoms with Gasteiger partial charge in [-0.15, -0.1) is 0 Å². The Morgan fingerprint density at radius 2 is 1.82 bits per heavy atom. The second-order valence-corrected chi connectivity index (χ2v) is 9.98. The first-order valence-corrected chi connectivity index (χ1v) is 13.2. The molecule has 0 aliphatic rings. The molecule has 0 amide bonds. The maximum absolute atomic E-state index is 12.9. The third-order valence-electron chi connectivity index (χ3n) is 6.03. The Labute approximate surface area is 231 Å². The largest absolute Gasteiger partial charge is 0.384 e. The van der Waals surface area contributed by atoms with E-state index in [1.165, 1.54) is 6.20 Å². The monoisotopic (exact) mass is 555 g/mol. The van der Waals surface area contributed by atoms with Gasteiger partial charge in [-0.2, -0.15) is 9.97 Å². The van der Waals surface area contributed by atoms with Crippen molar-refractivity contribution in [2.24, 2.45) is 0 Å². The van der Waals surface area contributed by atoms with Crippen LogP contribution in [0.5, 0.6) is 0 Å². The molecule has 200 valence electrons. The minimum Gasteiger partial charge on any atom is -0.384 e. The number of nitrogen functional groups attached to an aromatic ring is 1. The summed E-state index contributed by atoms with van der Waals surface area (Å²) in [4.78, 5) is 27.9. The van der Waals surface area contributed by atoms with E-state index in [9.17, 15) is 4.79 Å². The number of fused-ring (bicyclic) bond motifs is 1. The fourth-order valence-electron chi connectivity index (χ4n) is 3.98. The number of aromatic nitrogens is 4. The second-order valence-electron chi connectivity index (χ2n) is 9.17. The van der Waals surface area contributed by atoms with E-state index in [2.05, 4.69) is 46.2 Å². The first-order chi connectivity index (χ1) is 18.3. The normalized spacial score (nSPS) is 12.3.